The number of hydrogen-bond donors (Lipinski definition) is 3. The van der Waals surface area contributed by atoms with Crippen molar-refractivity contribution in [2.75, 3.05) is 0 Å². The molecule has 2 N–H and O–H groups in total. The van der Waals surface area contributed by atoms with Crippen molar-refractivity contribution >= 4 is 12.6 Å². The molecule has 0 saturated carbocycles. The van der Waals surface area contributed by atoms with Crippen LogP contribution in [-0.2, 0) is 0 Å². The van der Waals surface area contributed by atoms with Crippen LogP contribution < -0.4 is 0 Å². The van der Waals surface area contributed by atoms with E-state index in [0.29, 0.717) is 0 Å². The Hall–Kier alpha value is 0.01000. The van der Waals surface area contributed by atoms with Crippen LogP contribution >= 0.6 is 12.6 Å². The maximum absolute atomic E-state index is 7.97. The fraction of sp³-hybridized carbons (Fsp3) is 0.333. The van der Waals surface area contributed by atoms with E-state index in [2.05, 4.69) is 12.6 Å². The molecule has 0 bridgehead atoms. The summed E-state index contributed by atoms with van der Waals surface area (Å²) in [6.45, 7) is 0. The largest absolute Gasteiger partial charge is 0.365 e. The van der Waals surface area contributed by atoms with Crippen molar-refractivity contribution in [2.24, 2.45) is 0 Å². The van der Waals surface area contributed by atoms with E-state index >= 15 is 0 Å². The molecule has 0 spiro atoms. The SMILES string of the molecule is OC(O)C=CS. The molecular formula is C3H6O2S. The van der Waals surface area contributed by atoms with E-state index in [1.165, 1.54) is 5.41 Å². The highest BCUT2D eigenvalue weighted by molar-refractivity contribution is 7.83. The summed E-state index contributed by atoms with van der Waals surface area (Å²) in [6, 6.07) is 0. The Morgan fingerprint density at radius 2 is 2.00 bits per heavy atom. The van der Waals surface area contributed by atoms with Gasteiger partial charge < -0.3 is 10.2 Å². The molecule has 0 unspecified atom stereocenters. The molecule has 0 saturated heterocycles. The zero-order valence-electron chi connectivity index (χ0n) is 3.07. The summed E-state index contributed by atoms with van der Waals surface area (Å²) in [5, 5.41) is 17.2. The molecule has 0 aromatic carbocycles. The highest BCUT2D eigenvalue weighted by atomic mass is 32.1. The van der Waals surface area contributed by atoms with Gasteiger partial charge in [0.15, 0.2) is 6.29 Å². The Morgan fingerprint density at radius 3 is 2.00 bits per heavy atom. The molecule has 6 heavy (non-hydrogen) atoms. The van der Waals surface area contributed by atoms with E-state index in [-0.39, 0.29) is 0 Å². The monoisotopic (exact) mass is 106 g/mol. The van der Waals surface area contributed by atoms with E-state index in [0.717, 1.165) is 6.08 Å². The van der Waals surface area contributed by atoms with Crippen LogP contribution in [0.3, 0.4) is 0 Å². The third-order valence-corrected chi connectivity index (χ3v) is 0.430. The molecule has 0 radical (unpaired) electrons. The van der Waals surface area contributed by atoms with Crippen LogP contribution in [-0.4, -0.2) is 16.5 Å². The molecule has 3 heteroatoms. The van der Waals surface area contributed by atoms with Gasteiger partial charge in [-0.15, -0.1) is 0 Å². The lowest BCUT2D eigenvalue weighted by molar-refractivity contribution is 0.00255. The maximum atomic E-state index is 7.97. The van der Waals surface area contributed by atoms with Crippen molar-refractivity contribution in [1.29, 1.82) is 0 Å². The van der Waals surface area contributed by atoms with Gasteiger partial charge in [-0.3, -0.25) is 0 Å². The van der Waals surface area contributed by atoms with Crippen molar-refractivity contribution < 1.29 is 10.2 Å². The Balaban J connectivity index is 3.03. The third kappa shape index (κ3) is 4.01. The van der Waals surface area contributed by atoms with Crippen LogP contribution in [0.4, 0.5) is 0 Å². The second-order valence-corrected chi connectivity index (χ2v) is 1.05. The van der Waals surface area contributed by atoms with Crippen molar-refractivity contribution in [3.05, 3.63) is 11.5 Å². The molecule has 0 aromatic rings. The van der Waals surface area contributed by atoms with Gasteiger partial charge in [0.1, 0.15) is 0 Å². The molecule has 0 heterocycles. The topological polar surface area (TPSA) is 40.5 Å². The minimum absolute atomic E-state index is 1.14. The summed E-state index contributed by atoms with van der Waals surface area (Å²) < 4.78 is 0. The van der Waals surface area contributed by atoms with Gasteiger partial charge >= 0.3 is 0 Å². The van der Waals surface area contributed by atoms with Crippen LogP contribution in [0, 0.1) is 0 Å². The van der Waals surface area contributed by atoms with E-state index in [9.17, 15) is 0 Å². The van der Waals surface area contributed by atoms with Gasteiger partial charge in [-0.05, 0) is 11.5 Å². The molecular weight excluding hydrogens is 100 g/mol. The van der Waals surface area contributed by atoms with Gasteiger partial charge in [-0.25, -0.2) is 0 Å². The zero-order valence-corrected chi connectivity index (χ0v) is 3.97. The zero-order chi connectivity index (χ0) is 4.99. The Labute approximate surface area is 41.5 Å². The van der Waals surface area contributed by atoms with Crippen molar-refractivity contribution in [3.8, 4) is 0 Å². The molecule has 0 aliphatic rings. The fourth-order valence-corrected chi connectivity index (χ4v) is 0.231. The van der Waals surface area contributed by atoms with Crippen molar-refractivity contribution in [3.63, 3.8) is 0 Å². The second kappa shape index (κ2) is 3.21. The van der Waals surface area contributed by atoms with E-state index < -0.39 is 6.29 Å². The summed E-state index contributed by atoms with van der Waals surface area (Å²) in [5.74, 6) is 0. The van der Waals surface area contributed by atoms with Gasteiger partial charge in [0.25, 0.3) is 0 Å². The summed E-state index contributed by atoms with van der Waals surface area (Å²) >= 11 is 3.56. The first-order valence-corrected chi connectivity index (χ1v) is 1.96. The lowest BCUT2D eigenvalue weighted by atomic mass is 10.6. The molecule has 0 rings (SSSR count). The summed E-state index contributed by atoms with van der Waals surface area (Å²) in [6.07, 6.45) is -0.217. The number of hydrogen-bond acceptors (Lipinski definition) is 3. The summed E-state index contributed by atoms with van der Waals surface area (Å²) in [4.78, 5) is 0. The van der Waals surface area contributed by atoms with Crippen molar-refractivity contribution in [1.82, 2.24) is 0 Å². The molecule has 0 fully saturated rings. The molecule has 0 aromatic heterocycles. The quantitative estimate of drug-likeness (QED) is 0.318. The first-order chi connectivity index (χ1) is 2.77. The van der Waals surface area contributed by atoms with Crippen LogP contribution in [0.1, 0.15) is 0 Å². The van der Waals surface area contributed by atoms with Gasteiger partial charge in [0.2, 0.25) is 0 Å². The Kier molecular flexibility index (Phi) is 3.21. The van der Waals surface area contributed by atoms with E-state index in [1.807, 2.05) is 0 Å². The average molecular weight is 106 g/mol. The number of rotatable bonds is 1. The predicted octanol–water partition coefficient (Wildman–Crippen LogP) is -0.259. The van der Waals surface area contributed by atoms with Gasteiger partial charge in [-0.2, -0.15) is 12.6 Å². The predicted molar refractivity (Wildman–Crippen MR) is 26.4 cm³/mol. The van der Waals surface area contributed by atoms with Crippen LogP contribution in [0.2, 0.25) is 0 Å². The molecule has 36 valence electrons. The van der Waals surface area contributed by atoms with E-state index in [4.69, 9.17) is 10.2 Å². The summed E-state index contributed by atoms with van der Waals surface area (Å²) in [7, 11) is 0. The average Bonchev–Trinajstić information content (AvgIpc) is 1.35. The Morgan fingerprint density at radius 1 is 1.50 bits per heavy atom. The number of aliphatic hydroxyl groups excluding tert-OH is 1. The first-order valence-electron chi connectivity index (χ1n) is 1.44. The van der Waals surface area contributed by atoms with Crippen LogP contribution in [0.5, 0.6) is 0 Å². The van der Waals surface area contributed by atoms with Crippen LogP contribution in [0.15, 0.2) is 11.5 Å². The second-order valence-electron chi connectivity index (χ2n) is 0.755. The highest BCUT2D eigenvalue weighted by Crippen LogP contribution is 1.79. The fourth-order valence-electron chi connectivity index (χ4n) is 0.0770. The highest BCUT2D eigenvalue weighted by Gasteiger charge is 1.80. The summed E-state index contributed by atoms with van der Waals surface area (Å²) in [5.41, 5.74) is 0. The molecule has 0 atom stereocenters. The number of aliphatic hydroxyl groups is 2. The van der Waals surface area contributed by atoms with Crippen molar-refractivity contribution in [2.45, 2.75) is 6.29 Å². The maximum Gasteiger partial charge on any atom is 0.172 e. The van der Waals surface area contributed by atoms with E-state index in [1.54, 1.807) is 0 Å². The molecule has 0 aliphatic heterocycles. The molecule has 2 nitrogen and oxygen atoms in total. The minimum atomic E-state index is -1.36. The minimum Gasteiger partial charge on any atom is -0.365 e. The smallest absolute Gasteiger partial charge is 0.172 e. The molecule has 0 aliphatic carbocycles. The Bertz CT molecular complexity index is 50.8. The van der Waals surface area contributed by atoms with Crippen LogP contribution in [0.25, 0.3) is 0 Å². The first kappa shape index (κ1) is 6.01. The normalized spacial score (nSPS) is 11.3. The van der Waals surface area contributed by atoms with Gasteiger partial charge in [-0.1, -0.05) is 0 Å². The molecule has 0 amide bonds. The van der Waals surface area contributed by atoms with Gasteiger partial charge in [0, 0.05) is 0 Å². The van der Waals surface area contributed by atoms with Gasteiger partial charge in [0.05, 0.1) is 0 Å². The lowest BCUT2D eigenvalue weighted by Crippen LogP contribution is -1.95. The third-order valence-electron chi connectivity index (χ3n) is 0.258. The number of thiol groups is 1. The standard InChI is InChI=1S/C3H6O2S/c4-3(5)1-2-6/h1-6H. The lowest BCUT2D eigenvalue weighted by Gasteiger charge is -1.86.